The van der Waals surface area contributed by atoms with Gasteiger partial charge in [-0.15, -0.1) is 0 Å². The van der Waals surface area contributed by atoms with Gasteiger partial charge in [-0.05, 0) is 45.9 Å². The highest BCUT2D eigenvalue weighted by Gasteiger charge is 2.15. The summed E-state index contributed by atoms with van der Waals surface area (Å²) in [6.07, 6.45) is 0.0435. The largest absolute Gasteiger partial charge is 0.489 e. The Morgan fingerprint density at radius 1 is 1.30 bits per heavy atom. The molecule has 0 saturated heterocycles. The zero-order valence-corrected chi connectivity index (χ0v) is 14.3. The van der Waals surface area contributed by atoms with Crippen molar-refractivity contribution in [1.29, 1.82) is 0 Å². The van der Waals surface area contributed by atoms with Crippen LogP contribution in [0.1, 0.15) is 26.5 Å². The molecule has 0 radical (unpaired) electrons. The van der Waals surface area contributed by atoms with Crippen molar-refractivity contribution in [2.24, 2.45) is 0 Å². The second-order valence-electron chi connectivity index (χ2n) is 5.49. The number of aryl methyl sites for hydroxylation is 1. The molecule has 1 heterocycles. The summed E-state index contributed by atoms with van der Waals surface area (Å²) in [5.74, 6) is 1.41. The summed E-state index contributed by atoms with van der Waals surface area (Å²) >= 11 is 6.18. The number of amides is 1. The summed E-state index contributed by atoms with van der Waals surface area (Å²) in [6.45, 7) is 7.36. The lowest BCUT2D eigenvalue weighted by atomic mass is 10.2. The third-order valence-corrected chi connectivity index (χ3v) is 3.25. The van der Waals surface area contributed by atoms with E-state index in [4.69, 9.17) is 20.9 Å². The number of anilines is 2. The van der Waals surface area contributed by atoms with E-state index in [1.807, 2.05) is 19.9 Å². The van der Waals surface area contributed by atoms with Gasteiger partial charge in [-0.2, -0.15) is 0 Å². The number of carbonyl (C=O) groups is 1. The Hall–Kier alpha value is -2.21. The number of rotatable bonds is 6. The van der Waals surface area contributed by atoms with Crippen LogP contribution in [0.15, 0.2) is 28.8 Å². The number of benzene rings is 1. The molecular weight excluding hydrogens is 318 g/mol. The SMILES string of the molecule is Cc1cc(NC(=O)C(C)Nc2ccc(OC(C)C)c(Cl)c2)no1. The molecule has 1 amide bonds. The molecule has 1 unspecified atom stereocenters. The van der Waals surface area contributed by atoms with Gasteiger partial charge in [0.1, 0.15) is 17.6 Å². The van der Waals surface area contributed by atoms with Crippen molar-refractivity contribution < 1.29 is 14.1 Å². The van der Waals surface area contributed by atoms with Crippen LogP contribution in [0.2, 0.25) is 5.02 Å². The number of hydrogen-bond donors (Lipinski definition) is 2. The summed E-state index contributed by atoms with van der Waals surface area (Å²) in [5, 5.41) is 9.97. The van der Waals surface area contributed by atoms with E-state index in [0.29, 0.717) is 22.4 Å². The molecular formula is C16H20ClN3O3. The van der Waals surface area contributed by atoms with Crippen LogP contribution in [0.4, 0.5) is 11.5 Å². The van der Waals surface area contributed by atoms with Gasteiger partial charge in [0.25, 0.3) is 0 Å². The van der Waals surface area contributed by atoms with Gasteiger partial charge in [-0.1, -0.05) is 16.8 Å². The maximum absolute atomic E-state index is 12.1. The summed E-state index contributed by atoms with van der Waals surface area (Å²) in [4.78, 5) is 12.1. The third-order valence-electron chi connectivity index (χ3n) is 2.95. The molecule has 2 N–H and O–H groups in total. The zero-order chi connectivity index (χ0) is 17.0. The molecule has 124 valence electrons. The lowest BCUT2D eigenvalue weighted by Crippen LogP contribution is -2.31. The van der Waals surface area contributed by atoms with Crippen LogP contribution in [0.5, 0.6) is 5.75 Å². The second kappa shape index (κ2) is 7.37. The van der Waals surface area contributed by atoms with Crippen molar-refractivity contribution in [3.05, 3.63) is 35.0 Å². The lowest BCUT2D eigenvalue weighted by molar-refractivity contribution is -0.116. The van der Waals surface area contributed by atoms with Gasteiger partial charge in [0.2, 0.25) is 5.91 Å². The van der Waals surface area contributed by atoms with Gasteiger partial charge >= 0.3 is 0 Å². The highest BCUT2D eigenvalue weighted by molar-refractivity contribution is 6.32. The molecule has 1 aromatic carbocycles. The second-order valence-corrected chi connectivity index (χ2v) is 5.90. The van der Waals surface area contributed by atoms with Crippen LogP contribution < -0.4 is 15.4 Å². The van der Waals surface area contributed by atoms with E-state index in [9.17, 15) is 4.79 Å². The molecule has 0 aliphatic rings. The van der Waals surface area contributed by atoms with E-state index in [1.54, 1.807) is 32.0 Å². The zero-order valence-electron chi connectivity index (χ0n) is 13.5. The van der Waals surface area contributed by atoms with E-state index in [0.717, 1.165) is 5.69 Å². The first-order valence-corrected chi connectivity index (χ1v) is 7.70. The lowest BCUT2D eigenvalue weighted by Gasteiger charge is -2.16. The fourth-order valence-corrected chi connectivity index (χ4v) is 2.14. The van der Waals surface area contributed by atoms with Gasteiger partial charge in [0, 0.05) is 11.8 Å². The molecule has 0 aliphatic carbocycles. The van der Waals surface area contributed by atoms with Gasteiger partial charge in [-0.25, -0.2) is 0 Å². The van der Waals surface area contributed by atoms with Crippen molar-refractivity contribution in [3.63, 3.8) is 0 Å². The Bertz CT molecular complexity index is 685. The number of carbonyl (C=O) groups excluding carboxylic acids is 1. The monoisotopic (exact) mass is 337 g/mol. The Morgan fingerprint density at radius 2 is 2.04 bits per heavy atom. The molecule has 0 aliphatic heterocycles. The molecule has 2 rings (SSSR count). The average molecular weight is 338 g/mol. The van der Waals surface area contributed by atoms with Gasteiger partial charge < -0.3 is 19.9 Å². The van der Waals surface area contributed by atoms with E-state index >= 15 is 0 Å². The predicted octanol–water partition coefficient (Wildman–Crippen LogP) is 3.86. The molecule has 1 aromatic heterocycles. The number of nitrogens with zero attached hydrogens (tertiary/aromatic N) is 1. The molecule has 2 aromatic rings. The van der Waals surface area contributed by atoms with Crippen LogP contribution in [0, 0.1) is 6.92 Å². The minimum atomic E-state index is -0.472. The summed E-state index contributed by atoms with van der Waals surface area (Å²) < 4.78 is 10.5. The molecule has 0 fully saturated rings. The normalized spacial score (nSPS) is 12.1. The van der Waals surface area contributed by atoms with Gasteiger partial charge in [0.05, 0.1) is 11.1 Å². The molecule has 0 spiro atoms. The van der Waals surface area contributed by atoms with E-state index in [1.165, 1.54) is 0 Å². The summed E-state index contributed by atoms with van der Waals surface area (Å²) in [6, 6.07) is 6.49. The maximum Gasteiger partial charge on any atom is 0.247 e. The Kier molecular flexibility index (Phi) is 5.50. The molecule has 7 heteroatoms. The van der Waals surface area contributed by atoms with Gasteiger partial charge in [0.15, 0.2) is 5.82 Å². The minimum Gasteiger partial charge on any atom is -0.489 e. The standard InChI is InChI=1S/C16H20ClN3O3/c1-9(2)22-14-6-5-12(8-13(14)17)18-11(4)16(21)19-15-7-10(3)23-20-15/h5-9,11,18H,1-4H3,(H,19,20,21). The van der Waals surface area contributed by atoms with Crippen molar-refractivity contribution >= 4 is 29.0 Å². The first kappa shape index (κ1) is 17.1. The minimum absolute atomic E-state index is 0.0435. The highest BCUT2D eigenvalue weighted by atomic mass is 35.5. The number of halogens is 1. The first-order chi connectivity index (χ1) is 10.8. The van der Waals surface area contributed by atoms with Crippen LogP contribution in [0.3, 0.4) is 0 Å². The Morgan fingerprint density at radius 3 is 2.61 bits per heavy atom. The van der Waals surface area contributed by atoms with Crippen LogP contribution in [-0.4, -0.2) is 23.2 Å². The summed E-state index contributed by atoms with van der Waals surface area (Å²) in [5.41, 5.74) is 0.727. The topological polar surface area (TPSA) is 76.4 Å². The molecule has 0 saturated carbocycles. The predicted molar refractivity (Wildman–Crippen MR) is 90.2 cm³/mol. The Labute approximate surface area is 140 Å². The number of aromatic nitrogens is 1. The van der Waals surface area contributed by atoms with Crippen LogP contribution in [0.25, 0.3) is 0 Å². The number of ether oxygens (including phenoxy) is 1. The summed E-state index contributed by atoms with van der Waals surface area (Å²) in [7, 11) is 0. The fourth-order valence-electron chi connectivity index (χ4n) is 1.92. The fraction of sp³-hybridized carbons (Fsp3) is 0.375. The quantitative estimate of drug-likeness (QED) is 0.837. The Balaban J connectivity index is 1.97. The van der Waals surface area contributed by atoms with Crippen molar-refractivity contribution in [2.75, 3.05) is 10.6 Å². The van der Waals surface area contributed by atoms with E-state index < -0.39 is 6.04 Å². The van der Waals surface area contributed by atoms with Crippen molar-refractivity contribution in [3.8, 4) is 5.75 Å². The van der Waals surface area contributed by atoms with Crippen molar-refractivity contribution in [2.45, 2.75) is 39.8 Å². The molecule has 23 heavy (non-hydrogen) atoms. The molecule has 1 atom stereocenters. The van der Waals surface area contributed by atoms with Crippen molar-refractivity contribution in [1.82, 2.24) is 5.16 Å². The maximum atomic E-state index is 12.1. The van der Waals surface area contributed by atoms with Crippen LogP contribution in [-0.2, 0) is 4.79 Å². The molecule has 6 nitrogen and oxygen atoms in total. The highest BCUT2D eigenvalue weighted by Crippen LogP contribution is 2.28. The smallest absolute Gasteiger partial charge is 0.247 e. The average Bonchev–Trinajstić information content (AvgIpc) is 2.86. The van der Waals surface area contributed by atoms with Gasteiger partial charge in [-0.3, -0.25) is 4.79 Å². The van der Waals surface area contributed by atoms with Crippen LogP contribution >= 0.6 is 11.6 Å². The first-order valence-electron chi connectivity index (χ1n) is 7.32. The molecule has 0 bridgehead atoms. The van der Waals surface area contributed by atoms with E-state index in [-0.39, 0.29) is 12.0 Å². The number of hydrogen-bond acceptors (Lipinski definition) is 5. The number of nitrogens with one attached hydrogen (secondary N) is 2. The van der Waals surface area contributed by atoms with E-state index in [2.05, 4.69) is 15.8 Å². The third kappa shape index (κ3) is 4.89.